The Labute approximate surface area is 101 Å². The number of likely N-dealkylation sites (N-methyl/N-ethyl adjacent to an activating group) is 1. The predicted octanol–water partition coefficient (Wildman–Crippen LogP) is 2.24. The zero-order chi connectivity index (χ0) is 12.1. The van der Waals surface area contributed by atoms with E-state index in [2.05, 4.69) is 0 Å². The Morgan fingerprint density at radius 2 is 1.94 bits per heavy atom. The zero-order valence-corrected chi connectivity index (χ0v) is 10.5. The second-order valence-corrected chi connectivity index (χ2v) is 4.37. The molecule has 1 atom stereocenters. The smallest absolute Gasteiger partial charge is 0.171 e. The fourth-order valence-electron chi connectivity index (χ4n) is 1.26. The first kappa shape index (κ1) is 13.0. The summed E-state index contributed by atoms with van der Waals surface area (Å²) in [6.07, 6.45) is -0.434. The number of carbonyl (C=O) groups is 1. The van der Waals surface area contributed by atoms with Crippen LogP contribution >= 0.6 is 11.6 Å². The molecule has 0 fully saturated rings. The molecule has 0 bridgehead atoms. The molecule has 88 valence electrons. The third-order valence-electron chi connectivity index (χ3n) is 2.08. The topological polar surface area (TPSA) is 29.5 Å². The largest absolute Gasteiger partial charge is 0.481 e. The highest BCUT2D eigenvalue weighted by molar-refractivity contribution is 6.30. The number of carbonyl (C=O) groups excluding carboxylic acids is 1. The van der Waals surface area contributed by atoms with Crippen LogP contribution < -0.4 is 4.74 Å². The molecule has 3 nitrogen and oxygen atoms in total. The van der Waals surface area contributed by atoms with E-state index in [1.807, 2.05) is 19.0 Å². The summed E-state index contributed by atoms with van der Waals surface area (Å²) in [5.41, 5.74) is 0. The Bertz CT molecular complexity index is 349. The van der Waals surface area contributed by atoms with Crippen LogP contribution in [0.25, 0.3) is 0 Å². The van der Waals surface area contributed by atoms with Crippen molar-refractivity contribution >= 4 is 17.4 Å². The van der Waals surface area contributed by atoms with Gasteiger partial charge in [0.2, 0.25) is 0 Å². The van der Waals surface area contributed by atoms with Gasteiger partial charge >= 0.3 is 0 Å². The van der Waals surface area contributed by atoms with Crippen molar-refractivity contribution in [3.05, 3.63) is 29.3 Å². The van der Waals surface area contributed by atoms with E-state index in [0.717, 1.165) is 0 Å². The lowest BCUT2D eigenvalue weighted by molar-refractivity contribution is -0.124. The summed E-state index contributed by atoms with van der Waals surface area (Å²) < 4.78 is 5.59. The van der Waals surface area contributed by atoms with Crippen LogP contribution in [0.2, 0.25) is 5.02 Å². The van der Waals surface area contributed by atoms with E-state index in [4.69, 9.17) is 16.3 Å². The quantitative estimate of drug-likeness (QED) is 0.792. The number of halogens is 1. The van der Waals surface area contributed by atoms with Crippen LogP contribution in [0, 0.1) is 0 Å². The number of ketones is 1. The SMILES string of the molecule is CC(=O)C(CN(C)C)Oc1ccc(Cl)cc1. The van der Waals surface area contributed by atoms with Crippen molar-refractivity contribution in [2.45, 2.75) is 13.0 Å². The van der Waals surface area contributed by atoms with Gasteiger partial charge in [-0.15, -0.1) is 0 Å². The van der Waals surface area contributed by atoms with E-state index in [1.54, 1.807) is 24.3 Å². The van der Waals surface area contributed by atoms with Crippen molar-refractivity contribution in [1.82, 2.24) is 4.90 Å². The van der Waals surface area contributed by atoms with Crippen LogP contribution in [-0.4, -0.2) is 37.4 Å². The Morgan fingerprint density at radius 1 is 1.38 bits per heavy atom. The second kappa shape index (κ2) is 5.87. The maximum Gasteiger partial charge on any atom is 0.171 e. The molecule has 1 rings (SSSR count). The van der Waals surface area contributed by atoms with Gasteiger partial charge in [0.15, 0.2) is 11.9 Å². The van der Waals surface area contributed by atoms with Gasteiger partial charge in [-0.3, -0.25) is 4.79 Å². The average Bonchev–Trinajstić information content (AvgIpc) is 2.19. The molecule has 0 N–H and O–H groups in total. The molecular weight excluding hydrogens is 226 g/mol. The fourth-order valence-corrected chi connectivity index (χ4v) is 1.38. The minimum atomic E-state index is -0.434. The zero-order valence-electron chi connectivity index (χ0n) is 9.74. The molecule has 0 saturated heterocycles. The number of nitrogens with zero attached hydrogens (tertiary/aromatic N) is 1. The minimum absolute atomic E-state index is 0.0173. The van der Waals surface area contributed by atoms with E-state index >= 15 is 0 Å². The van der Waals surface area contributed by atoms with Crippen molar-refractivity contribution in [3.63, 3.8) is 0 Å². The molecule has 4 heteroatoms. The van der Waals surface area contributed by atoms with Crippen LogP contribution in [-0.2, 0) is 4.79 Å². The summed E-state index contributed by atoms with van der Waals surface area (Å²) in [6, 6.07) is 7.00. The first-order valence-corrected chi connectivity index (χ1v) is 5.44. The number of ether oxygens (including phenoxy) is 1. The summed E-state index contributed by atoms with van der Waals surface area (Å²) in [4.78, 5) is 13.3. The molecular formula is C12H16ClNO2. The Morgan fingerprint density at radius 3 is 2.38 bits per heavy atom. The predicted molar refractivity (Wildman–Crippen MR) is 65.1 cm³/mol. The van der Waals surface area contributed by atoms with Crippen molar-refractivity contribution in [1.29, 1.82) is 0 Å². The fraction of sp³-hybridized carbons (Fsp3) is 0.417. The van der Waals surface area contributed by atoms with Crippen LogP contribution in [0.3, 0.4) is 0 Å². The van der Waals surface area contributed by atoms with Gasteiger partial charge in [0.1, 0.15) is 5.75 Å². The van der Waals surface area contributed by atoms with Crippen molar-refractivity contribution in [2.24, 2.45) is 0 Å². The average molecular weight is 242 g/mol. The van der Waals surface area contributed by atoms with Crippen molar-refractivity contribution in [3.8, 4) is 5.75 Å². The van der Waals surface area contributed by atoms with Gasteiger partial charge in [0, 0.05) is 11.6 Å². The standard InChI is InChI=1S/C12H16ClNO2/c1-9(15)12(8-14(2)3)16-11-6-4-10(13)5-7-11/h4-7,12H,8H2,1-3H3. The summed E-state index contributed by atoms with van der Waals surface area (Å²) in [5.74, 6) is 0.676. The number of hydrogen-bond acceptors (Lipinski definition) is 3. The molecule has 0 aromatic heterocycles. The van der Waals surface area contributed by atoms with Crippen molar-refractivity contribution in [2.75, 3.05) is 20.6 Å². The highest BCUT2D eigenvalue weighted by Crippen LogP contribution is 2.17. The number of benzene rings is 1. The molecule has 0 saturated carbocycles. The molecule has 0 spiro atoms. The number of Topliss-reactive ketones (excluding diaryl/α,β-unsaturated/α-hetero) is 1. The summed E-state index contributed by atoms with van der Waals surface area (Å²) in [7, 11) is 3.81. The van der Waals surface area contributed by atoms with E-state index in [0.29, 0.717) is 17.3 Å². The monoisotopic (exact) mass is 241 g/mol. The lowest BCUT2D eigenvalue weighted by atomic mass is 10.2. The van der Waals surface area contributed by atoms with E-state index < -0.39 is 6.10 Å². The molecule has 0 heterocycles. The normalized spacial score (nSPS) is 12.6. The van der Waals surface area contributed by atoms with E-state index in [-0.39, 0.29) is 5.78 Å². The van der Waals surface area contributed by atoms with E-state index in [1.165, 1.54) is 6.92 Å². The lowest BCUT2D eigenvalue weighted by Crippen LogP contribution is -2.36. The van der Waals surface area contributed by atoms with Gasteiger partial charge in [-0.05, 0) is 45.3 Å². The highest BCUT2D eigenvalue weighted by atomic mass is 35.5. The molecule has 0 aliphatic heterocycles. The van der Waals surface area contributed by atoms with Gasteiger partial charge in [0.25, 0.3) is 0 Å². The molecule has 0 aliphatic rings. The second-order valence-electron chi connectivity index (χ2n) is 3.93. The summed E-state index contributed by atoms with van der Waals surface area (Å²) >= 11 is 5.76. The number of rotatable bonds is 5. The molecule has 0 radical (unpaired) electrons. The lowest BCUT2D eigenvalue weighted by Gasteiger charge is -2.20. The summed E-state index contributed by atoms with van der Waals surface area (Å²) in [6.45, 7) is 2.10. The third-order valence-corrected chi connectivity index (χ3v) is 2.33. The maximum atomic E-state index is 11.4. The highest BCUT2D eigenvalue weighted by Gasteiger charge is 2.16. The molecule has 0 aliphatic carbocycles. The van der Waals surface area contributed by atoms with Gasteiger partial charge in [-0.2, -0.15) is 0 Å². The van der Waals surface area contributed by atoms with Crippen LogP contribution in [0.1, 0.15) is 6.92 Å². The Kier molecular flexibility index (Phi) is 4.77. The summed E-state index contributed by atoms with van der Waals surface area (Å²) in [5, 5.41) is 0.652. The van der Waals surface area contributed by atoms with Crippen LogP contribution in [0.4, 0.5) is 0 Å². The minimum Gasteiger partial charge on any atom is -0.481 e. The van der Waals surface area contributed by atoms with Gasteiger partial charge in [0.05, 0.1) is 0 Å². The molecule has 0 amide bonds. The van der Waals surface area contributed by atoms with Gasteiger partial charge < -0.3 is 9.64 Å². The van der Waals surface area contributed by atoms with Crippen LogP contribution in [0.15, 0.2) is 24.3 Å². The maximum absolute atomic E-state index is 11.4. The van der Waals surface area contributed by atoms with Crippen molar-refractivity contribution < 1.29 is 9.53 Å². The molecule has 1 aromatic rings. The van der Waals surface area contributed by atoms with E-state index in [9.17, 15) is 4.79 Å². The van der Waals surface area contributed by atoms with Gasteiger partial charge in [-0.1, -0.05) is 11.6 Å². The molecule has 1 unspecified atom stereocenters. The molecule has 16 heavy (non-hydrogen) atoms. The first-order valence-electron chi connectivity index (χ1n) is 5.06. The van der Waals surface area contributed by atoms with Gasteiger partial charge in [-0.25, -0.2) is 0 Å². The molecule has 1 aromatic carbocycles. The Hall–Kier alpha value is -1.06. The Balaban J connectivity index is 2.68. The first-order chi connectivity index (χ1) is 7.49. The van der Waals surface area contributed by atoms with Crippen LogP contribution in [0.5, 0.6) is 5.75 Å². The third kappa shape index (κ3) is 4.21. The number of hydrogen-bond donors (Lipinski definition) is 0.